The smallest absolute Gasteiger partial charge is 0.235 e. The molecular formula is C33H43N3O3S. The first-order valence-electron chi connectivity index (χ1n) is 14.7. The van der Waals surface area contributed by atoms with Gasteiger partial charge in [-0.15, -0.1) is 0 Å². The third kappa shape index (κ3) is 6.88. The van der Waals surface area contributed by atoms with Crippen LogP contribution >= 0.6 is 0 Å². The summed E-state index contributed by atoms with van der Waals surface area (Å²) >= 11 is 0. The van der Waals surface area contributed by atoms with Gasteiger partial charge in [0.15, 0.2) is 0 Å². The van der Waals surface area contributed by atoms with Crippen molar-refractivity contribution in [2.45, 2.75) is 57.2 Å². The molecular weight excluding hydrogens is 518 g/mol. The molecule has 5 rings (SSSR count). The molecule has 214 valence electrons. The minimum Gasteiger partial charge on any atom is -0.396 e. The highest BCUT2D eigenvalue weighted by Gasteiger charge is 2.35. The van der Waals surface area contributed by atoms with Crippen molar-refractivity contribution >= 4 is 27.0 Å². The van der Waals surface area contributed by atoms with Crippen LogP contribution in [-0.4, -0.2) is 62.5 Å². The number of anilines is 2. The van der Waals surface area contributed by atoms with Crippen LogP contribution in [-0.2, 0) is 10.0 Å². The Morgan fingerprint density at radius 3 is 2.15 bits per heavy atom. The van der Waals surface area contributed by atoms with Crippen LogP contribution in [0.5, 0.6) is 0 Å². The standard InChI is InChI=1S/C33H43N3O3S/c1-25(2)35-20-22-36(23-21-35)30-16-12-28(13-17-30)33(32(9-6-24-37)26-7-4-3-5-8-26)27-10-14-29(15-11-27)34-40(38,39)31-18-19-31/h3-5,7,10-17,25-26,31,34,37H,6,8-9,18-24H2,1-2H3/b33-32-. The van der Waals surface area contributed by atoms with E-state index in [1.165, 1.54) is 16.8 Å². The summed E-state index contributed by atoms with van der Waals surface area (Å²) in [6, 6.07) is 17.3. The van der Waals surface area contributed by atoms with Gasteiger partial charge in [0.2, 0.25) is 10.0 Å². The number of piperazine rings is 1. The second-order valence-corrected chi connectivity index (χ2v) is 13.4. The van der Waals surface area contributed by atoms with E-state index in [1.807, 2.05) is 24.3 Å². The van der Waals surface area contributed by atoms with E-state index >= 15 is 0 Å². The first-order chi connectivity index (χ1) is 19.4. The fourth-order valence-corrected chi connectivity index (χ4v) is 7.20. The summed E-state index contributed by atoms with van der Waals surface area (Å²) in [7, 11) is -3.31. The number of nitrogens with zero attached hydrogens (tertiary/aromatic N) is 2. The zero-order valence-corrected chi connectivity index (χ0v) is 24.6. The van der Waals surface area contributed by atoms with Crippen molar-refractivity contribution in [2.75, 3.05) is 42.4 Å². The monoisotopic (exact) mass is 561 g/mol. The average molecular weight is 562 g/mol. The van der Waals surface area contributed by atoms with Gasteiger partial charge in [-0.25, -0.2) is 8.42 Å². The lowest BCUT2D eigenvalue weighted by Crippen LogP contribution is -2.48. The highest BCUT2D eigenvalue weighted by Crippen LogP contribution is 2.38. The molecule has 2 N–H and O–H groups in total. The van der Waals surface area contributed by atoms with Crippen molar-refractivity contribution in [3.8, 4) is 0 Å². The fraction of sp³-hybridized carbons (Fsp3) is 0.455. The summed E-state index contributed by atoms with van der Waals surface area (Å²) in [5.74, 6) is 0.253. The molecule has 1 unspecified atom stereocenters. The molecule has 1 aliphatic heterocycles. The van der Waals surface area contributed by atoms with Gasteiger partial charge in [0, 0.05) is 56.1 Å². The van der Waals surface area contributed by atoms with E-state index < -0.39 is 10.0 Å². The molecule has 40 heavy (non-hydrogen) atoms. The fourth-order valence-electron chi connectivity index (χ4n) is 5.81. The van der Waals surface area contributed by atoms with Gasteiger partial charge >= 0.3 is 0 Å². The number of nitrogens with one attached hydrogen (secondary N) is 1. The van der Waals surface area contributed by atoms with Crippen LogP contribution in [0.1, 0.15) is 57.1 Å². The molecule has 0 bridgehead atoms. The van der Waals surface area contributed by atoms with Crippen molar-refractivity contribution in [2.24, 2.45) is 5.92 Å². The molecule has 2 fully saturated rings. The average Bonchev–Trinajstić information content (AvgIpc) is 3.83. The summed E-state index contributed by atoms with van der Waals surface area (Å²) < 4.78 is 27.7. The summed E-state index contributed by atoms with van der Waals surface area (Å²) in [6.45, 7) is 8.88. The van der Waals surface area contributed by atoms with E-state index in [2.05, 4.69) is 76.9 Å². The third-order valence-corrected chi connectivity index (χ3v) is 10.2. The molecule has 2 aromatic carbocycles. The quantitative estimate of drug-likeness (QED) is 0.361. The van der Waals surface area contributed by atoms with Gasteiger partial charge in [-0.3, -0.25) is 9.62 Å². The number of allylic oxidation sites excluding steroid dienone is 5. The Labute approximate surface area is 240 Å². The van der Waals surface area contributed by atoms with Crippen LogP contribution in [0.3, 0.4) is 0 Å². The molecule has 2 aliphatic carbocycles. The summed E-state index contributed by atoms with van der Waals surface area (Å²) in [5.41, 5.74) is 6.53. The summed E-state index contributed by atoms with van der Waals surface area (Å²) in [4.78, 5) is 4.99. The number of aliphatic hydroxyl groups excluding tert-OH is 1. The van der Waals surface area contributed by atoms with Crippen molar-refractivity contribution < 1.29 is 13.5 Å². The SMILES string of the molecule is CC(C)N1CCN(c2ccc(/C(=C(/CCCO)C3C=CC=CC3)c3ccc(NS(=O)(=O)C4CC4)cc3)cc2)CC1. The molecule has 0 spiro atoms. The van der Waals surface area contributed by atoms with Gasteiger partial charge in [0.05, 0.1) is 5.25 Å². The van der Waals surface area contributed by atoms with E-state index in [0.717, 1.165) is 63.0 Å². The maximum atomic E-state index is 12.5. The molecule has 0 aromatic heterocycles. The van der Waals surface area contributed by atoms with Gasteiger partial charge in [-0.05, 0) is 86.9 Å². The Kier molecular flexibility index (Phi) is 9.13. The van der Waals surface area contributed by atoms with E-state index in [9.17, 15) is 13.5 Å². The topological polar surface area (TPSA) is 72.9 Å². The third-order valence-electron chi connectivity index (χ3n) is 8.32. The molecule has 7 heteroatoms. The molecule has 1 saturated carbocycles. The molecule has 1 saturated heterocycles. The predicted octanol–water partition coefficient (Wildman–Crippen LogP) is 5.83. The first kappa shape index (κ1) is 28.7. The number of aliphatic hydroxyl groups is 1. The Morgan fingerprint density at radius 2 is 1.60 bits per heavy atom. The van der Waals surface area contributed by atoms with E-state index in [-0.39, 0.29) is 17.8 Å². The van der Waals surface area contributed by atoms with E-state index in [0.29, 0.717) is 18.2 Å². The molecule has 0 amide bonds. The summed E-state index contributed by atoms with van der Waals surface area (Å²) in [5, 5.41) is 9.48. The van der Waals surface area contributed by atoms with Gasteiger partial charge < -0.3 is 10.0 Å². The van der Waals surface area contributed by atoms with Crippen LogP contribution in [0.4, 0.5) is 11.4 Å². The van der Waals surface area contributed by atoms with Crippen LogP contribution in [0.15, 0.2) is 78.4 Å². The minimum absolute atomic E-state index is 0.145. The van der Waals surface area contributed by atoms with Crippen LogP contribution in [0, 0.1) is 5.92 Å². The Hall–Kier alpha value is -2.87. The summed E-state index contributed by atoms with van der Waals surface area (Å²) in [6.07, 6.45) is 12.6. The van der Waals surface area contributed by atoms with Crippen molar-refractivity contribution in [3.63, 3.8) is 0 Å². The van der Waals surface area contributed by atoms with Crippen LogP contribution in [0.25, 0.3) is 5.57 Å². The van der Waals surface area contributed by atoms with Crippen LogP contribution in [0.2, 0.25) is 0 Å². The van der Waals surface area contributed by atoms with Gasteiger partial charge in [0.1, 0.15) is 0 Å². The lowest BCUT2D eigenvalue weighted by atomic mass is 9.81. The van der Waals surface area contributed by atoms with E-state index in [4.69, 9.17) is 0 Å². The Bertz CT molecular complexity index is 1330. The molecule has 0 radical (unpaired) electrons. The molecule has 1 heterocycles. The predicted molar refractivity (Wildman–Crippen MR) is 166 cm³/mol. The molecule has 3 aliphatic rings. The number of hydrogen-bond donors (Lipinski definition) is 2. The van der Waals surface area contributed by atoms with Gasteiger partial charge in [0.25, 0.3) is 0 Å². The normalized spacial score (nSPS) is 20.6. The highest BCUT2D eigenvalue weighted by molar-refractivity contribution is 7.93. The lowest BCUT2D eigenvalue weighted by Gasteiger charge is -2.38. The largest absolute Gasteiger partial charge is 0.396 e. The van der Waals surface area contributed by atoms with Crippen molar-refractivity contribution in [1.29, 1.82) is 0 Å². The lowest BCUT2D eigenvalue weighted by molar-refractivity contribution is 0.209. The zero-order valence-electron chi connectivity index (χ0n) is 23.8. The molecule has 6 nitrogen and oxygen atoms in total. The number of hydrogen-bond acceptors (Lipinski definition) is 5. The Balaban J connectivity index is 1.47. The number of benzene rings is 2. The Morgan fingerprint density at radius 1 is 0.950 bits per heavy atom. The van der Waals surface area contributed by atoms with Crippen molar-refractivity contribution in [1.82, 2.24) is 4.90 Å². The second kappa shape index (κ2) is 12.8. The van der Waals surface area contributed by atoms with E-state index in [1.54, 1.807) is 0 Å². The first-order valence-corrected chi connectivity index (χ1v) is 16.3. The zero-order chi connectivity index (χ0) is 28.1. The maximum Gasteiger partial charge on any atom is 0.235 e. The van der Waals surface area contributed by atoms with Crippen LogP contribution < -0.4 is 9.62 Å². The van der Waals surface area contributed by atoms with Gasteiger partial charge in [-0.1, -0.05) is 54.1 Å². The second-order valence-electron chi connectivity index (χ2n) is 11.5. The minimum atomic E-state index is -3.31. The maximum absolute atomic E-state index is 12.5. The molecule has 2 aromatic rings. The highest BCUT2D eigenvalue weighted by atomic mass is 32.2. The molecule has 1 atom stereocenters. The number of rotatable bonds is 11. The van der Waals surface area contributed by atoms with Crippen molar-refractivity contribution in [3.05, 3.63) is 89.5 Å². The number of sulfonamides is 1. The van der Waals surface area contributed by atoms with Gasteiger partial charge in [-0.2, -0.15) is 0 Å².